The van der Waals surface area contributed by atoms with E-state index in [0.717, 1.165) is 5.56 Å². The summed E-state index contributed by atoms with van der Waals surface area (Å²) in [5.41, 5.74) is 6.13. The summed E-state index contributed by atoms with van der Waals surface area (Å²) in [5, 5.41) is 5.51. The van der Waals surface area contributed by atoms with E-state index in [1.165, 1.54) is 0 Å². The van der Waals surface area contributed by atoms with Crippen LogP contribution < -0.4 is 16.4 Å². The molecule has 0 aliphatic rings. The number of amides is 2. The van der Waals surface area contributed by atoms with E-state index in [2.05, 4.69) is 10.6 Å². The van der Waals surface area contributed by atoms with Gasteiger partial charge >= 0.3 is 0 Å². The molecule has 1 unspecified atom stereocenters. The first-order valence-corrected chi connectivity index (χ1v) is 5.40. The summed E-state index contributed by atoms with van der Waals surface area (Å²) in [6.07, 6.45) is 0.168. The molecule has 92 valence electrons. The number of carbonyl (C=O) groups excluding carboxylic acids is 2. The molecule has 1 atom stereocenters. The molecule has 0 bridgehead atoms. The SMILES string of the molecule is CNC(=O)CNC(CC(N)=O)c1ccccc1. The van der Waals surface area contributed by atoms with Crippen molar-refractivity contribution >= 4 is 11.8 Å². The number of carbonyl (C=O) groups is 2. The third-order valence-corrected chi connectivity index (χ3v) is 2.40. The second kappa shape index (κ2) is 6.65. The van der Waals surface area contributed by atoms with E-state index in [4.69, 9.17) is 5.73 Å². The Morgan fingerprint density at radius 2 is 1.94 bits per heavy atom. The lowest BCUT2D eigenvalue weighted by Gasteiger charge is -2.17. The zero-order valence-electron chi connectivity index (χ0n) is 9.77. The van der Waals surface area contributed by atoms with Crippen LogP contribution in [0.25, 0.3) is 0 Å². The maximum atomic E-state index is 11.1. The summed E-state index contributed by atoms with van der Waals surface area (Å²) in [5.74, 6) is -0.529. The zero-order valence-corrected chi connectivity index (χ0v) is 9.77. The fraction of sp³-hybridized carbons (Fsp3) is 0.333. The number of nitrogens with one attached hydrogen (secondary N) is 2. The summed E-state index contributed by atoms with van der Waals surface area (Å²) in [4.78, 5) is 22.1. The first-order valence-electron chi connectivity index (χ1n) is 5.40. The predicted octanol–water partition coefficient (Wildman–Crippen LogP) is -0.0613. The van der Waals surface area contributed by atoms with Crippen LogP contribution in [0.2, 0.25) is 0 Å². The van der Waals surface area contributed by atoms with Crippen LogP contribution in [-0.4, -0.2) is 25.4 Å². The fourth-order valence-electron chi connectivity index (χ4n) is 1.50. The number of nitrogens with two attached hydrogens (primary N) is 1. The van der Waals surface area contributed by atoms with Crippen molar-refractivity contribution in [3.05, 3.63) is 35.9 Å². The topological polar surface area (TPSA) is 84.2 Å². The molecule has 0 aliphatic carbocycles. The first kappa shape index (κ1) is 13.2. The van der Waals surface area contributed by atoms with Gasteiger partial charge < -0.3 is 16.4 Å². The van der Waals surface area contributed by atoms with Crippen LogP contribution in [-0.2, 0) is 9.59 Å². The van der Waals surface area contributed by atoms with Crippen molar-refractivity contribution in [1.82, 2.24) is 10.6 Å². The molecule has 17 heavy (non-hydrogen) atoms. The second-order valence-corrected chi connectivity index (χ2v) is 3.69. The van der Waals surface area contributed by atoms with Crippen molar-refractivity contribution in [1.29, 1.82) is 0 Å². The van der Waals surface area contributed by atoms with Crippen LogP contribution in [0.15, 0.2) is 30.3 Å². The number of likely N-dealkylation sites (N-methyl/N-ethyl adjacent to an activating group) is 1. The van der Waals surface area contributed by atoms with Crippen molar-refractivity contribution in [3.63, 3.8) is 0 Å². The van der Waals surface area contributed by atoms with Crippen LogP contribution in [0, 0.1) is 0 Å². The molecule has 0 heterocycles. The summed E-state index contributed by atoms with van der Waals surface area (Å²) in [7, 11) is 1.57. The van der Waals surface area contributed by atoms with Crippen LogP contribution in [0.4, 0.5) is 0 Å². The van der Waals surface area contributed by atoms with Gasteiger partial charge in [0.05, 0.1) is 6.54 Å². The van der Waals surface area contributed by atoms with E-state index >= 15 is 0 Å². The average molecular weight is 235 g/mol. The Labute approximate surface area is 100 Å². The number of benzene rings is 1. The smallest absolute Gasteiger partial charge is 0.233 e. The fourth-order valence-corrected chi connectivity index (χ4v) is 1.50. The third kappa shape index (κ3) is 4.65. The van der Waals surface area contributed by atoms with E-state index in [-0.39, 0.29) is 24.9 Å². The van der Waals surface area contributed by atoms with Gasteiger partial charge in [-0.15, -0.1) is 0 Å². The average Bonchev–Trinajstić information content (AvgIpc) is 2.34. The number of rotatable bonds is 6. The Balaban J connectivity index is 2.67. The summed E-state index contributed by atoms with van der Waals surface area (Å²) >= 11 is 0. The van der Waals surface area contributed by atoms with Crippen LogP contribution in [0.3, 0.4) is 0 Å². The van der Waals surface area contributed by atoms with Gasteiger partial charge in [-0.3, -0.25) is 9.59 Å². The highest BCUT2D eigenvalue weighted by atomic mass is 16.2. The van der Waals surface area contributed by atoms with Gasteiger partial charge in [-0.1, -0.05) is 30.3 Å². The van der Waals surface area contributed by atoms with E-state index in [0.29, 0.717) is 0 Å². The molecule has 0 radical (unpaired) electrons. The lowest BCUT2D eigenvalue weighted by molar-refractivity contribution is -0.121. The van der Waals surface area contributed by atoms with Crippen LogP contribution in [0.5, 0.6) is 0 Å². The highest BCUT2D eigenvalue weighted by Gasteiger charge is 2.14. The molecule has 0 spiro atoms. The molecule has 2 amide bonds. The predicted molar refractivity (Wildman–Crippen MR) is 65.1 cm³/mol. The quantitative estimate of drug-likeness (QED) is 0.645. The standard InChI is InChI=1S/C12H17N3O2/c1-14-12(17)8-15-10(7-11(13)16)9-5-3-2-4-6-9/h2-6,10,15H,7-8H2,1H3,(H2,13,16)(H,14,17). The van der Waals surface area contributed by atoms with Gasteiger partial charge in [0.25, 0.3) is 0 Å². The van der Waals surface area contributed by atoms with Gasteiger partial charge in [-0.25, -0.2) is 0 Å². The number of primary amides is 1. The zero-order chi connectivity index (χ0) is 12.7. The van der Waals surface area contributed by atoms with Gasteiger partial charge in [-0.2, -0.15) is 0 Å². The molecule has 0 fully saturated rings. The lowest BCUT2D eigenvalue weighted by atomic mass is 10.0. The highest BCUT2D eigenvalue weighted by Crippen LogP contribution is 2.15. The molecule has 1 aromatic carbocycles. The lowest BCUT2D eigenvalue weighted by Crippen LogP contribution is -2.35. The molecule has 0 saturated carbocycles. The largest absolute Gasteiger partial charge is 0.370 e. The Kier molecular flexibility index (Phi) is 5.16. The monoisotopic (exact) mass is 235 g/mol. The Morgan fingerprint density at radius 1 is 1.29 bits per heavy atom. The van der Waals surface area contributed by atoms with E-state index in [1.807, 2.05) is 30.3 Å². The molecule has 0 aromatic heterocycles. The number of hydrogen-bond acceptors (Lipinski definition) is 3. The normalized spacial score (nSPS) is 11.8. The Bertz CT molecular complexity index is 379. The molecular weight excluding hydrogens is 218 g/mol. The minimum Gasteiger partial charge on any atom is -0.370 e. The van der Waals surface area contributed by atoms with Gasteiger partial charge in [0.1, 0.15) is 0 Å². The first-order chi connectivity index (χ1) is 8.13. The minimum absolute atomic E-state index is 0.129. The molecule has 0 aliphatic heterocycles. The second-order valence-electron chi connectivity index (χ2n) is 3.69. The Morgan fingerprint density at radius 3 is 2.47 bits per heavy atom. The molecule has 1 rings (SSSR count). The van der Waals surface area contributed by atoms with Gasteiger partial charge in [0.15, 0.2) is 0 Å². The van der Waals surface area contributed by atoms with E-state index < -0.39 is 5.91 Å². The van der Waals surface area contributed by atoms with Crippen LogP contribution >= 0.6 is 0 Å². The third-order valence-electron chi connectivity index (χ3n) is 2.40. The van der Waals surface area contributed by atoms with Crippen molar-refractivity contribution in [3.8, 4) is 0 Å². The van der Waals surface area contributed by atoms with E-state index in [1.54, 1.807) is 7.05 Å². The molecule has 5 nitrogen and oxygen atoms in total. The van der Waals surface area contributed by atoms with Crippen molar-refractivity contribution < 1.29 is 9.59 Å². The minimum atomic E-state index is -0.400. The van der Waals surface area contributed by atoms with Crippen molar-refractivity contribution in [2.75, 3.05) is 13.6 Å². The van der Waals surface area contributed by atoms with Gasteiger partial charge in [0.2, 0.25) is 11.8 Å². The maximum Gasteiger partial charge on any atom is 0.233 e. The molecule has 5 heteroatoms. The summed E-state index contributed by atoms with van der Waals surface area (Å²) in [6, 6.07) is 9.21. The molecule has 1 aromatic rings. The highest BCUT2D eigenvalue weighted by molar-refractivity contribution is 5.78. The van der Waals surface area contributed by atoms with Gasteiger partial charge in [-0.05, 0) is 5.56 Å². The maximum absolute atomic E-state index is 11.1. The molecule has 4 N–H and O–H groups in total. The summed E-state index contributed by atoms with van der Waals surface area (Å²) in [6.45, 7) is 0.156. The van der Waals surface area contributed by atoms with E-state index in [9.17, 15) is 9.59 Å². The van der Waals surface area contributed by atoms with Gasteiger partial charge in [0, 0.05) is 19.5 Å². The summed E-state index contributed by atoms with van der Waals surface area (Å²) < 4.78 is 0. The Hall–Kier alpha value is -1.88. The number of hydrogen-bond donors (Lipinski definition) is 3. The van der Waals surface area contributed by atoms with Crippen molar-refractivity contribution in [2.24, 2.45) is 5.73 Å². The van der Waals surface area contributed by atoms with Crippen molar-refractivity contribution in [2.45, 2.75) is 12.5 Å². The molecular formula is C12H17N3O2. The van der Waals surface area contributed by atoms with Crippen LogP contribution in [0.1, 0.15) is 18.0 Å². The molecule has 0 saturated heterocycles.